The molecule has 1 N–H and O–H groups in total. The second-order valence-corrected chi connectivity index (χ2v) is 5.05. The van der Waals surface area contributed by atoms with Gasteiger partial charge in [-0.25, -0.2) is 0 Å². The van der Waals surface area contributed by atoms with Gasteiger partial charge in [0.05, 0.1) is 33.0 Å². The molecule has 2 aliphatic rings. The van der Waals surface area contributed by atoms with Crippen LogP contribution >= 0.6 is 0 Å². The van der Waals surface area contributed by atoms with Crippen molar-refractivity contribution in [2.24, 2.45) is 0 Å². The second-order valence-electron chi connectivity index (χ2n) is 5.05. The SMILES string of the molecule is COCCOCCN1CCOCC1CNC1CC1. The summed E-state index contributed by atoms with van der Waals surface area (Å²) in [6.45, 7) is 6.89. The summed E-state index contributed by atoms with van der Waals surface area (Å²) in [5.41, 5.74) is 0. The molecule has 106 valence electrons. The van der Waals surface area contributed by atoms with Crippen molar-refractivity contribution in [3.05, 3.63) is 0 Å². The van der Waals surface area contributed by atoms with Gasteiger partial charge in [0.15, 0.2) is 0 Å². The smallest absolute Gasteiger partial charge is 0.0700 e. The molecule has 1 atom stereocenters. The molecule has 2 fully saturated rings. The van der Waals surface area contributed by atoms with E-state index in [9.17, 15) is 0 Å². The van der Waals surface area contributed by atoms with E-state index in [2.05, 4.69) is 10.2 Å². The largest absolute Gasteiger partial charge is 0.382 e. The van der Waals surface area contributed by atoms with Gasteiger partial charge in [-0.2, -0.15) is 0 Å². The van der Waals surface area contributed by atoms with Crippen LogP contribution in [0.15, 0.2) is 0 Å². The molecule has 5 heteroatoms. The Hall–Kier alpha value is -0.200. The molecule has 1 unspecified atom stereocenters. The molecule has 1 aliphatic heterocycles. The third kappa shape index (κ3) is 5.20. The van der Waals surface area contributed by atoms with E-state index in [0.29, 0.717) is 19.3 Å². The molecule has 0 bridgehead atoms. The summed E-state index contributed by atoms with van der Waals surface area (Å²) in [5.74, 6) is 0. The van der Waals surface area contributed by atoms with Crippen molar-refractivity contribution in [1.82, 2.24) is 10.2 Å². The Labute approximate surface area is 110 Å². The summed E-state index contributed by atoms with van der Waals surface area (Å²) in [4.78, 5) is 2.48. The fraction of sp³-hybridized carbons (Fsp3) is 1.00. The first-order chi connectivity index (χ1) is 8.90. The number of nitrogens with one attached hydrogen (secondary N) is 1. The fourth-order valence-electron chi connectivity index (χ4n) is 2.19. The average Bonchev–Trinajstić information content (AvgIpc) is 3.21. The number of rotatable bonds is 9. The van der Waals surface area contributed by atoms with Gasteiger partial charge >= 0.3 is 0 Å². The minimum Gasteiger partial charge on any atom is -0.382 e. The maximum absolute atomic E-state index is 5.57. The van der Waals surface area contributed by atoms with Crippen molar-refractivity contribution in [3.63, 3.8) is 0 Å². The molecular formula is C13H26N2O3. The van der Waals surface area contributed by atoms with Crippen LogP contribution in [0.25, 0.3) is 0 Å². The average molecular weight is 258 g/mol. The summed E-state index contributed by atoms with van der Waals surface area (Å²) in [6.07, 6.45) is 2.68. The third-order valence-electron chi connectivity index (χ3n) is 3.52. The van der Waals surface area contributed by atoms with Gasteiger partial charge in [0.1, 0.15) is 0 Å². The van der Waals surface area contributed by atoms with Crippen molar-refractivity contribution in [1.29, 1.82) is 0 Å². The number of morpholine rings is 1. The van der Waals surface area contributed by atoms with Crippen molar-refractivity contribution < 1.29 is 14.2 Å². The van der Waals surface area contributed by atoms with Crippen LogP contribution in [0.4, 0.5) is 0 Å². The molecule has 1 aliphatic carbocycles. The van der Waals surface area contributed by atoms with E-state index in [4.69, 9.17) is 14.2 Å². The predicted octanol–water partition coefficient (Wildman–Crippen LogP) is 0.102. The molecular weight excluding hydrogens is 232 g/mol. The third-order valence-corrected chi connectivity index (χ3v) is 3.52. The normalized spacial score (nSPS) is 25.5. The molecule has 0 spiro atoms. The summed E-state index contributed by atoms with van der Waals surface area (Å²) in [7, 11) is 1.70. The zero-order valence-electron chi connectivity index (χ0n) is 11.4. The molecule has 1 heterocycles. The van der Waals surface area contributed by atoms with Gasteiger partial charge in [-0.3, -0.25) is 4.90 Å². The second kappa shape index (κ2) is 8.07. The lowest BCUT2D eigenvalue weighted by molar-refractivity contribution is -0.0229. The Morgan fingerprint density at radius 1 is 1.28 bits per heavy atom. The van der Waals surface area contributed by atoms with Gasteiger partial charge in [0.2, 0.25) is 0 Å². The lowest BCUT2D eigenvalue weighted by Gasteiger charge is -2.35. The number of nitrogens with zero attached hydrogens (tertiary/aromatic N) is 1. The van der Waals surface area contributed by atoms with E-state index in [-0.39, 0.29) is 0 Å². The number of methoxy groups -OCH3 is 1. The maximum atomic E-state index is 5.57. The molecule has 0 amide bonds. The van der Waals surface area contributed by atoms with Crippen LogP contribution in [0, 0.1) is 0 Å². The van der Waals surface area contributed by atoms with E-state index in [1.807, 2.05) is 0 Å². The van der Waals surface area contributed by atoms with Crippen molar-refractivity contribution in [3.8, 4) is 0 Å². The van der Waals surface area contributed by atoms with Crippen LogP contribution in [0.2, 0.25) is 0 Å². The molecule has 0 aromatic carbocycles. The van der Waals surface area contributed by atoms with Crippen LogP contribution in [0.5, 0.6) is 0 Å². The van der Waals surface area contributed by atoms with Crippen LogP contribution in [-0.4, -0.2) is 76.8 Å². The van der Waals surface area contributed by atoms with E-state index in [1.54, 1.807) is 7.11 Å². The van der Waals surface area contributed by atoms with Crippen LogP contribution in [0.1, 0.15) is 12.8 Å². The topological polar surface area (TPSA) is 43.0 Å². The fourth-order valence-corrected chi connectivity index (χ4v) is 2.19. The molecule has 0 radical (unpaired) electrons. The Balaban J connectivity index is 1.59. The summed E-state index contributed by atoms with van der Waals surface area (Å²) in [6, 6.07) is 1.28. The van der Waals surface area contributed by atoms with E-state index < -0.39 is 0 Å². The molecule has 1 saturated carbocycles. The Bertz CT molecular complexity index is 224. The van der Waals surface area contributed by atoms with E-state index >= 15 is 0 Å². The highest BCUT2D eigenvalue weighted by molar-refractivity contribution is 4.85. The number of hydrogen-bond acceptors (Lipinski definition) is 5. The van der Waals surface area contributed by atoms with E-state index in [0.717, 1.165) is 45.5 Å². The van der Waals surface area contributed by atoms with Crippen LogP contribution in [0.3, 0.4) is 0 Å². The summed E-state index contributed by atoms with van der Waals surface area (Å²) < 4.78 is 16.1. The first kappa shape index (κ1) is 14.2. The van der Waals surface area contributed by atoms with Crippen molar-refractivity contribution in [2.75, 3.05) is 59.8 Å². The monoisotopic (exact) mass is 258 g/mol. The van der Waals surface area contributed by atoms with Crippen molar-refractivity contribution >= 4 is 0 Å². The lowest BCUT2D eigenvalue weighted by atomic mass is 10.2. The maximum Gasteiger partial charge on any atom is 0.0700 e. The van der Waals surface area contributed by atoms with Gasteiger partial charge in [0, 0.05) is 38.8 Å². The summed E-state index contributed by atoms with van der Waals surface area (Å²) in [5, 5.41) is 3.58. The highest BCUT2D eigenvalue weighted by atomic mass is 16.5. The van der Waals surface area contributed by atoms with Gasteiger partial charge in [0.25, 0.3) is 0 Å². The first-order valence-electron chi connectivity index (χ1n) is 7.02. The van der Waals surface area contributed by atoms with Gasteiger partial charge in [-0.15, -0.1) is 0 Å². The van der Waals surface area contributed by atoms with Crippen LogP contribution < -0.4 is 5.32 Å². The molecule has 18 heavy (non-hydrogen) atoms. The minimum atomic E-state index is 0.505. The molecule has 0 aromatic heterocycles. The zero-order chi connectivity index (χ0) is 12.6. The quantitative estimate of drug-likeness (QED) is 0.594. The van der Waals surface area contributed by atoms with Gasteiger partial charge < -0.3 is 19.5 Å². The molecule has 2 rings (SSSR count). The van der Waals surface area contributed by atoms with E-state index in [1.165, 1.54) is 12.8 Å². The Morgan fingerprint density at radius 2 is 2.17 bits per heavy atom. The van der Waals surface area contributed by atoms with Gasteiger partial charge in [-0.05, 0) is 12.8 Å². The van der Waals surface area contributed by atoms with Crippen molar-refractivity contribution in [2.45, 2.75) is 24.9 Å². The highest BCUT2D eigenvalue weighted by Crippen LogP contribution is 2.19. The first-order valence-corrected chi connectivity index (χ1v) is 7.02. The van der Waals surface area contributed by atoms with Gasteiger partial charge in [-0.1, -0.05) is 0 Å². The number of ether oxygens (including phenoxy) is 3. The molecule has 5 nitrogen and oxygen atoms in total. The Morgan fingerprint density at radius 3 is 2.94 bits per heavy atom. The predicted molar refractivity (Wildman–Crippen MR) is 69.9 cm³/mol. The standard InChI is InChI=1S/C13H26N2O3/c1-16-8-9-17-6-4-15-5-7-18-11-13(15)10-14-12-2-3-12/h12-14H,2-11H2,1H3. The molecule has 0 aromatic rings. The minimum absolute atomic E-state index is 0.505. The van der Waals surface area contributed by atoms with Crippen LogP contribution in [-0.2, 0) is 14.2 Å². The number of hydrogen-bond donors (Lipinski definition) is 1. The highest BCUT2D eigenvalue weighted by Gasteiger charge is 2.26. The zero-order valence-corrected chi connectivity index (χ0v) is 11.4. The summed E-state index contributed by atoms with van der Waals surface area (Å²) >= 11 is 0. The lowest BCUT2D eigenvalue weighted by Crippen LogP contribution is -2.51. The molecule has 1 saturated heterocycles. The Kier molecular flexibility index (Phi) is 6.37.